The summed E-state index contributed by atoms with van der Waals surface area (Å²) in [5.74, 6) is -0.270. The van der Waals surface area contributed by atoms with Gasteiger partial charge in [0.25, 0.3) is 11.5 Å². The van der Waals surface area contributed by atoms with E-state index in [-0.39, 0.29) is 22.9 Å². The molecule has 0 saturated carbocycles. The number of carbonyl (C=O) groups excluding carboxylic acids is 1. The zero-order valence-electron chi connectivity index (χ0n) is 16.2. The summed E-state index contributed by atoms with van der Waals surface area (Å²) >= 11 is 6.29. The Morgan fingerprint density at radius 3 is 2.50 bits per heavy atom. The molecule has 1 heterocycles. The highest BCUT2D eigenvalue weighted by atomic mass is 35.5. The summed E-state index contributed by atoms with van der Waals surface area (Å²) in [7, 11) is 0. The molecule has 28 heavy (non-hydrogen) atoms. The maximum Gasteiger partial charge on any atom is 0.292 e. The summed E-state index contributed by atoms with van der Waals surface area (Å²) in [6, 6.07) is 14.8. The summed E-state index contributed by atoms with van der Waals surface area (Å²) in [5, 5.41) is 4.18. The van der Waals surface area contributed by atoms with Crippen molar-refractivity contribution in [1.29, 1.82) is 0 Å². The number of amides is 1. The maximum absolute atomic E-state index is 13.3. The van der Waals surface area contributed by atoms with Gasteiger partial charge in [0, 0.05) is 5.39 Å². The summed E-state index contributed by atoms with van der Waals surface area (Å²) in [4.78, 5) is 31.6. The van der Waals surface area contributed by atoms with Crippen LogP contribution in [-0.2, 0) is 0 Å². The highest BCUT2D eigenvalue weighted by Crippen LogP contribution is 2.26. The largest absolute Gasteiger partial charge is 0.411 e. The second-order valence-electron chi connectivity index (χ2n) is 6.49. The maximum atomic E-state index is 13.3. The van der Waals surface area contributed by atoms with Crippen LogP contribution in [-0.4, -0.2) is 17.2 Å². The second-order valence-corrected chi connectivity index (χ2v) is 6.89. The van der Waals surface area contributed by atoms with E-state index >= 15 is 0 Å². The van der Waals surface area contributed by atoms with Crippen molar-refractivity contribution in [2.45, 2.75) is 33.2 Å². The van der Waals surface area contributed by atoms with Crippen LogP contribution < -0.4 is 15.7 Å². The molecule has 3 aromatic rings. The highest BCUT2D eigenvalue weighted by Gasteiger charge is 2.23. The third kappa shape index (κ3) is 3.62. The van der Waals surface area contributed by atoms with E-state index in [9.17, 15) is 9.59 Å². The molecule has 6 heteroatoms. The van der Waals surface area contributed by atoms with Crippen molar-refractivity contribution in [1.82, 2.24) is 10.0 Å². The Morgan fingerprint density at radius 2 is 1.86 bits per heavy atom. The number of fused-ring (bicyclic) bond motifs is 1. The molecular formula is C22H23ClN2O3. The zero-order chi connectivity index (χ0) is 20.3. The lowest BCUT2D eigenvalue weighted by atomic mass is 10.0. The number of benzene rings is 2. The molecule has 0 aliphatic carbocycles. The number of aromatic nitrogens is 1. The minimum absolute atomic E-state index is 0.144. The fourth-order valence-electron chi connectivity index (χ4n) is 3.41. The molecule has 0 saturated heterocycles. The first-order valence-electron chi connectivity index (χ1n) is 9.32. The molecule has 1 atom stereocenters. The van der Waals surface area contributed by atoms with Crippen LogP contribution in [0.15, 0.2) is 53.3 Å². The van der Waals surface area contributed by atoms with Crippen LogP contribution in [0, 0.1) is 6.92 Å². The van der Waals surface area contributed by atoms with Crippen molar-refractivity contribution in [2.24, 2.45) is 0 Å². The average molecular weight is 399 g/mol. The number of rotatable bonds is 6. The van der Waals surface area contributed by atoms with E-state index in [1.807, 2.05) is 37.3 Å². The fourth-order valence-corrected chi connectivity index (χ4v) is 3.66. The van der Waals surface area contributed by atoms with Gasteiger partial charge in [0.05, 0.1) is 27.7 Å². The predicted octanol–water partition coefficient (Wildman–Crippen LogP) is 4.29. The molecule has 0 radical (unpaired) electrons. The standard InChI is InChI=1S/C22H23ClN2O3/c1-4-18(15-10-7-6-8-11-15)24-21(26)19-14(3)25(28-5-2)22(27)20-16(19)12-9-13-17(20)23/h6-13,18H,4-5H2,1-3H3,(H,24,26). The fraction of sp³-hybridized carbons (Fsp3) is 0.273. The first kappa shape index (κ1) is 20.0. The predicted molar refractivity (Wildman–Crippen MR) is 112 cm³/mol. The van der Waals surface area contributed by atoms with Gasteiger partial charge < -0.3 is 10.2 Å². The van der Waals surface area contributed by atoms with E-state index in [1.165, 1.54) is 0 Å². The third-order valence-electron chi connectivity index (χ3n) is 4.75. The molecule has 1 amide bonds. The van der Waals surface area contributed by atoms with Gasteiger partial charge in [-0.3, -0.25) is 9.59 Å². The van der Waals surface area contributed by atoms with Gasteiger partial charge in [0.1, 0.15) is 6.61 Å². The van der Waals surface area contributed by atoms with Crippen LogP contribution in [0.2, 0.25) is 5.02 Å². The SMILES string of the molecule is CCOn1c(C)c(C(=O)NC(CC)c2ccccc2)c2cccc(Cl)c2c1=O. The smallest absolute Gasteiger partial charge is 0.292 e. The minimum Gasteiger partial charge on any atom is -0.411 e. The molecule has 0 spiro atoms. The van der Waals surface area contributed by atoms with Crippen LogP contribution in [0.3, 0.4) is 0 Å². The molecule has 1 N–H and O–H groups in total. The normalized spacial score (nSPS) is 12.0. The average Bonchev–Trinajstić information content (AvgIpc) is 2.70. The molecule has 1 unspecified atom stereocenters. The summed E-state index contributed by atoms with van der Waals surface area (Å²) in [6.07, 6.45) is 0.735. The van der Waals surface area contributed by atoms with E-state index in [2.05, 4.69) is 5.32 Å². The molecule has 0 bridgehead atoms. The first-order valence-corrected chi connectivity index (χ1v) is 9.70. The molecule has 5 nitrogen and oxygen atoms in total. The molecule has 1 aromatic heterocycles. The van der Waals surface area contributed by atoms with Crippen LogP contribution in [0.5, 0.6) is 0 Å². The van der Waals surface area contributed by atoms with Crippen molar-refractivity contribution in [3.05, 3.63) is 80.7 Å². The number of nitrogens with one attached hydrogen (secondary N) is 1. The first-order chi connectivity index (χ1) is 13.5. The Bertz CT molecular complexity index is 1060. The number of hydrogen-bond acceptors (Lipinski definition) is 3. The topological polar surface area (TPSA) is 60.3 Å². The van der Waals surface area contributed by atoms with Crippen molar-refractivity contribution in [3.8, 4) is 0 Å². The number of halogens is 1. The molecule has 0 aliphatic heterocycles. The molecule has 146 valence electrons. The van der Waals surface area contributed by atoms with Gasteiger partial charge >= 0.3 is 0 Å². The van der Waals surface area contributed by atoms with E-state index in [4.69, 9.17) is 16.4 Å². The van der Waals surface area contributed by atoms with Crippen LogP contribution in [0.1, 0.15) is 47.9 Å². The highest BCUT2D eigenvalue weighted by molar-refractivity contribution is 6.36. The lowest BCUT2D eigenvalue weighted by molar-refractivity contribution is 0.0912. The van der Waals surface area contributed by atoms with Gasteiger partial charge in [-0.25, -0.2) is 0 Å². The molecule has 0 fully saturated rings. The molecular weight excluding hydrogens is 376 g/mol. The van der Waals surface area contributed by atoms with Gasteiger partial charge in [0.15, 0.2) is 0 Å². The summed E-state index contributed by atoms with van der Waals surface area (Å²) in [5.41, 5.74) is 1.49. The van der Waals surface area contributed by atoms with Crippen molar-refractivity contribution in [3.63, 3.8) is 0 Å². The Morgan fingerprint density at radius 1 is 1.14 bits per heavy atom. The van der Waals surface area contributed by atoms with E-state index < -0.39 is 0 Å². The van der Waals surface area contributed by atoms with Crippen LogP contribution in [0.4, 0.5) is 0 Å². The van der Waals surface area contributed by atoms with Gasteiger partial charge in [0.2, 0.25) is 0 Å². The Balaban J connectivity index is 2.15. The molecule has 3 rings (SSSR count). The molecule has 2 aromatic carbocycles. The number of hydrogen-bond donors (Lipinski definition) is 1. The van der Waals surface area contributed by atoms with E-state index in [1.54, 1.807) is 32.0 Å². The van der Waals surface area contributed by atoms with E-state index in [0.29, 0.717) is 28.3 Å². The summed E-state index contributed by atoms with van der Waals surface area (Å²) < 4.78 is 1.16. The molecule has 0 aliphatic rings. The van der Waals surface area contributed by atoms with Crippen molar-refractivity contribution >= 4 is 28.3 Å². The number of nitrogens with zero attached hydrogens (tertiary/aromatic N) is 1. The number of pyridine rings is 1. The monoisotopic (exact) mass is 398 g/mol. The van der Waals surface area contributed by atoms with Crippen LogP contribution >= 0.6 is 11.6 Å². The third-order valence-corrected chi connectivity index (χ3v) is 5.06. The minimum atomic E-state index is -0.369. The van der Waals surface area contributed by atoms with Gasteiger partial charge in [-0.1, -0.05) is 61.0 Å². The Labute approximate surface area is 168 Å². The lowest BCUT2D eigenvalue weighted by Gasteiger charge is -2.21. The van der Waals surface area contributed by atoms with Gasteiger partial charge in [-0.2, -0.15) is 0 Å². The van der Waals surface area contributed by atoms with Crippen LogP contribution in [0.25, 0.3) is 10.8 Å². The Kier molecular flexibility index (Phi) is 6.05. The quantitative estimate of drug-likeness (QED) is 0.673. The van der Waals surface area contributed by atoms with E-state index in [0.717, 1.165) is 16.7 Å². The second kappa shape index (κ2) is 8.48. The van der Waals surface area contributed by atoms with Gasteiger partial charge in [-0.15, -0.1) is 4.73 Å². The number of carbonyl (C=O) groups is 1. The lowest BCUT2D eigenvalue weighted by Crippen LogP contribution is -2.35. The van der Waals surface area contributed by atoms with Gasteiger partial charge in [-0.05, 0) is 31.9 Å². The van der Waals surface area contributed by atoms with Crippen molar-refractivity contribution < 1.29 is 9.63 Å². The summed E-state index contributed by atoms with van der Waals surface area (Å²) in [6.45, 7) is 5.79. The Hall–Kier alpha value is -2.79. The zero-order valence-corrected chi connectivity index (χ0v) is 16.9. The van der Waals surface area contributed by atoms with Crippen molar-refractivity contribution in [2.75, 3.05) is 6.61 Å².